The van der Waals surface area contributed by atoms with Gasteiger partial charge < -0.3 is 10.1 Å². The SMILES string of the molecule is COCCCn1c(SC(C)C(=O)NC(=O)NCc2ccccc2)nc2ccccc2c1=O. The lowest BCUT2D eigenvalue weighted by atomic mass is 10.2. The first-order chi connectivity index (χ1) is 15.5. The van der Waals surface area contributed by atoms with E-state index in [1.807, 2.05) is 36.4 Å². The van der Waals surface area contributed by atoms with E-state index in [1.165, 1.54) is 0 Å². The number of urea groups is 1. The van der Waals surface area contributed by atoms with Crippen LogP contribution in [-0.4, -0.2) is 40.5 Å². The average Bonchev–Trinajstić information content (AvgIpc) is 2.80. The lowest BCUT2D eigenvalue weighted by Gasteiger charge is -2.16. The molecule has 0 aliphatic rings. The fraction of sp³-hybridized carbons (Fsp3) is 0.304. The highest BCUT2D eigenvalue weighted by atomic mass is 32.2. The number of benzene rings is 2. The number of nitrogens with zero attached hydrogens (tertiary/aromatic N) is 2. The van der Waals surface area contributed by atoms with E-state index in [2.05, 4.69) is 15.6 Å². The number of ether oxygens (including phenoxy) is 1. The Balaban J connectivity index is 1.69. The zero-order valence-corrected chi connectivity index (χ0v) is 18.9. The predicted octanol–water partition coefficient (Wildman–Crippen LogP) is 2.94. The van der Waals surface area contributed by atoms with Gasteiger partial charge in [0, 0.05) is 26.8 Å². The van der Waals surface area contributed by atoms with Crippen molar-refractivity contribution in [3.05, 3.63) is 70.5 Å². The summed E-state index contributed by atoms with van der Waals surface area (Å²) >= 11 is 1.14. The summed E-state index contributed by atoms with van der Waals surface area (Å²) in [5, 5.41) is 5.32. The molecule has 1 atom stereocenters. The summed E-state index contributed by atoms with van der Waals surface area (Å²) in [4.78, 5) is 42.3. The van der Waals surface area contributed by atoms with Crippen molar-refractivity contribution in [2.24, 2.45) is 0 Å². The van der Waals surface area contributed by atoms with Crippen LogP contribution >= 0.6 is 11.8 Å². The molecule has 0 saturated heterocycles. The number of methoxy groups -OCH3 is 1. The molecule has 0 aliphatic heterocycles. The molecule has 3 amide bonds. The summed E-state index contributed by atoms with van der Waals surface area (Å²) in [6, 6.07) is 15.9. The number of fused-ring (bicyclic) bond motifs is 1. The van der Waals surface area contributed by atoms with Crippen molar-refractivity contribution in [1.82, 2.24) is 20.2 Å². The molecule has 2 aromatic carbocycles. The lowest BCUT2D eigenvalue weighted by Crippen LogP contribution is -2.42. The van der Waals surface area contributed by atoms with Gasteiger partial charge in [-0.3, -0.25) is 19.5 Å². The van der Waals surface area contributed by atoms with E-state index >= 15 is 0 Å². The maximum atomic E-state index is 13.0. The number of hydrogen-bond donors (Lipinski definition) is 2. The van der Waals surface area contributed by atoms with Crippen LogP contribution in [0.2, 0.25) is 0 Å². The number of aromatic nitrogens is 2. The maximum absolute atomic E-state index is 13.0. The van der Waals surface area contributed by atoms with Crippen LogP contribution in [0.15, 0.2) is 64.5 Å². The monoisotopic (exact) mass is 454 g/mol. The second-order valence-electron chi connectivity index (χ2n) is 7.13. The van der Waals surface area contributed by atoms with Crippen LogP contribution in [0, 0.1) is 0 Å². The minimum Gasteiger partial charge on any atom is -0.385 e. The minimum absolute atomic E-state index is 0.164. The lowest BCUT2D eigenvalue weighted by molar-refractivity contribution is -0.119. The Bertz CT molecular complexity index is 1130. The van der Waals surface area contributed by atoms with E-state index in [0.29, 0.717) is 42.2 Å². The summed E-state index contributed by atoms with van der Waals surface area (Å²) in [7, 11) is 1.60. The minimum atomic E-state index is -0.640. The molecule has 0 radical (unpaired) electrons. The zero-order chi connectivity index (χ0) is 22.9. The number of carbonyl (C=O) groups is 2. The molecule has 9 heteroatoms. The zero-order valence-electron chi connectivity index (χ0n) is 18.0. The van der Waals surface area contributed by atoms with Gasteiger partial charge in [0.05, 0.1) is 16.2 Å². The van der Waals surface area contributed by atoms with Gasteiger partial charge in [0.25, 0.3) is 5.56 Å². The van der Waals surface area contributed by atoms with Crippen molar-refractivity contribution < 1.29 is 14.3 Å². The van der Waals surface area contributed by atoms with Crippen LogP contribution in [0.25, 0.3) is 10.9 Å². The van der Waals surface area contributed by atoms with Gasteiger partial charge in [-0.1, -0.05) is 54.2 Å². The second-order valence-corrected chi connectivity index (χ2v) is 8.44. The van der Waals surface area contributed by atoms with Gasteiger partial charge in [-0.25, -0.2) is 9.78 Å². The number of imide groups is 1. The van der Waals surface area contributed by atoms with Crippen LogP contribution < -0.4 is 16.2 Å². The molecule has 0 aliphatic carbocycles. The summed E-state index contributed by atoms with van der Waals surface area (Å²) < 4.78 is 6.66. The average molecular weight is 455 g/mol. The molecule has 0 spiro atoms. The first-order valence-electron chi connectivity index (χ1n) is 10.3. The van der Waals surface area contributed by atoms with Gasteiger partial charge in [0.2, 0.25) is 5.91 Å². The van der Waals surface area contributed by atoms with Crippen LogP contribution in [0.5, 0.6) is 0 Å². The summed E-state index contributed by atoms with van der Waals surface area (Å²) in [5.41, 5.74) is 1.33. The molecule has 3 aromatic rings. The number of carbonyl (C=O) groups excluding carboxylic acids is 2. The first-order valence-corrected chi connectivity index (χ1v) is 11.2. The highest BCUT2D eigenvalue weighted by Gasteiger charge is 2.21. The number of nitrogens with one attached hydrogen (secondary N) is 2. The fourth-order valence-electron chi connectivity index (χ4n) is 3.05. The van der Waals surface area contributed by atoms with E-state index in [1.54, 1.807) is 36.8 Å². The van der Waals surface area contributed by atoms with E-state index < -0.39 is 17.2 Å². The number of para-hydroxylation sites is 1. The highest BCUT2D eigenvalue weighted by molar-refractivity contribution is 8.00. The van der Waals surface area contributed by atoms with Crippen molar-refractivity contribution in [3.8, 4) is 0 Å². The molecule has 1 unspecified atom stereocenters. The topological polar surface area (TPSA) is 102 Å². The summed E-state index contributed by atoms with van der Waals surface area (Å²) in [6.45, 7) is 2.90. The van der Waals surface area contributed by atoms with Gasteiger partial charge >= 0.3 is 6.03 Å². The molecule has 2 N–H and O–H groups in total. The van der Waals surface area contributed by atoms with Crippen LogP contribution in [-0.2, 0) is 22.6 Å². The molecule has 168 valence electrons. The van der Waals surface area contributed by atoms with Gasteiger partial charge in [0.1, 0.15) is 0 Å². The molecule has 8 nitrogen and oxygen atoms in total. The summed E-state index contributed by atoms with van der Waals surface area (Å²) in [6.07, 6.45) is 0.631. The van der Waals surface area contributed by atoms with Crippen molar-refractivity contribution in [2.45, 2.75) is 36.8 Å². The van der Waals surface area contributed by atoms with E-state index in [-0.39, 0.29) is 5.56 Å². The van der Waals surface area contributed by atoms with Gasteiger partial charge in [-0.15, -0.1) is 0 Å². The predicted molar refractivity (Wildman–Crippen MR) is 125 cm³/mol. The number of thioether (sulfide) groups is 1. The third kappa shape index (κ3) is 6.18. The molecular weight excluding hydrogens is 428 g/mol. The molecule has 3 rings (SSSR count). The quantitative estimate of drug-likeness (QED) is 0.293. The Labute approximate surface area is 190 Å². The molecule has 1 heterocycles. The third-order valence-corrected chi connectivity index (χ3v) is 5.83. The maximum Gasteiger partial charge on any atom is 0.321 e. The number of rotatable bonds is 9. The van der Waals surface area contributed by atoms with Crippen LogP contribution in [0.1, 0.15) is 18.9 Å². The second kappa shape index (κ2) is 11.4. The molecule has 0 saturated carbocycles. The Kier molecular flexibility index (Phi) is 8.41. The van der Waals surface area contributed by atoms with Crippen molar-refractivity contribution >= 4 is 34.6 Å². The Morgan fingerprint density at radius 3 is 2.59 bits per heavy atom. The molecule has 32 heavy (non-hydrogen) atoms. The van der Waals surface area contributed by atoms with Crippen molar-refractivity contribution in [2.75, 3.05) is 13.7 Å². The van der Waals surface area contributed by atoms with Crippen molar-refractivity contribution in [1.29, 1.82) is 0 Å². The standard InChI is InChI=1S/C23H26N4O4S/c1-16(20(28)26-22(30)24-15-17-9-4-3-5-10-17)32-23-25-19-12-7-6-11-18(19)21(29)27(23)13-8-14-31-2/h3-7,9-12,16H,8,13-15H2,1-2H3,(H2,24,26,28,30). The van der Waals surface area contributed by atoms with E-state index in [4.69, 9.17) is 4.74 Å². The first kappa shape index (κ1) is 23.5. The highest BCUT2D eigenvalue weighted by Crippen LogP contribution is 2.23. The molecule has 1 aromatic heterocycles. The smallest absolute Gasteiger partial charge is 0.321 e. The number of amides is 3. The normalized spacial score (nSPS) is 11.8. The van der Waals surface area contributed by atoms with E-state index in [0.717, 1.165) is 17.3 Å². The van der Waals surface area contributed by atoms with Gasteiger partial charge in [0.15, 0.2) is 5.16 Å². The summed E-state index contributed by atoms with van der Waals surface area (Å²) in [5.74, 6) is -0.466. The Morgan fingerprint density at radius 1 is 1.12 bits per heavy atom. The number of hydrogen-bond acceptors (Lipinski definition) is 6. The molecular formula is C23H26N4O4S. The largest absolute Gasteiger partial charge is 0.385 e. The van der Waals surface area contributed by atoms with Crippen molar-refractivity contribution in [3.63, 3.8) is 0 Å². The van der Waals surface area contributed by atoms with Gasteiger partial charge in [-0.05, 0) is 31.0 Å². The molecule has 0 fully saturated rings. The van der Waals surface area contributed by atoms with Crippen LogP contribution in [0.3, 0.4) is 0 Å². The Morgan fingerprint density at radius 2 is 1.84 bits per heavy atom. The Hall–Kier alpha value is -3.17. The van der Waals surface area contributed by atoms with Gasteiger partial charge in [-0.2, -0.15) is 0 Å². The third-order valence-electron chi connectivity index (χ3n) is 4.74. The fourth-order valence-corrected chi connectivity index (χ4v) is 3.98. The molecule has 0 bridgehead atoms. The van der Waals surface area contributed by atoms with E-state index in [9.17, 15) is 14.4 Å². The van der Waals surface area contributed by atoms with Crippen LogP contribution in [0.4, 0.5) is 4.79 Å².